The third kappa shape index (κ3) is 2.87. The predicted octanol–water partition coefficient (Wildman–Crippen LogP) is 3.09. The lowest BCUT2D eigenvalue weighted by atomic mass is 10.1. The molecule has 0 fully saturated rings. The highest BCUT2D eigenvalue weighted by Crippen LogP contribution is 2.22. The van der Waals surface area contributed by atoms with E-state index in [-0.39, 0.29) is 11.7 Å². The van der Waals surface area contributed by atoms with Crippen LogP contribution in [-0.4, -0.2) is 21.1 Å². The maximum atomic E-state index is 12.6. The number of hydrogen-bond acceptors (Lipinski definition) is 4. The van der Waals surface area contributed by atoms with E-state index in [0.29, 0.717) is 23.3 Å². The molecule has 0 radical (unpaired) electrons. The second-order valence-corrected chi connectivity index (χ2v) is 5.38. The number of aromatic nitrogens is 3. The fraction of sp³-hybridized carbons (Fsp3) is 0.278. The van der Waals surface area contributed by atoms with E-state index in [0.717, 1.165) is 11.3 Å². The quantitative estimate of drug-likeness (QED) is 0.743. The van der Waals surface area contributed by atoms with Crippen LogP contribution < -0.4 is 5.56 Å². The Morgan fingerprint density at radius 1 is 1.26 bits per heavy atom. The average Bonchev–Trinajstić information content (AvgIpc) is 2.58. The minimum absolute atomic E-state index is 0.0656. The molecule has 0 N–H and O–H groups in total. The lowest BCUT2D eigenvalue weighted by molar-refractivity contribution is 0.0673. The average molecular weight is 309 g/mol. The van der Waals surface area contributed by atoms with Crippen LogP contribution >= 0.6 is 0 Å². The highest BCUT2D eigenvalue weighted by Gasteiger charge is 2.15. The Labute approximate surface area is 134 Å². The van der Waals surface area contributed by atoms with Crippen LogP contribution in [0.3, 0.4) is 0 Å². The zero-order valence-electron chi connectivity index (χ0n) is 13.5. The monoisotopic (exact) mass is 309 g/mol. The summed E-state index contributed by atoms with van der Waals surface area (Å²) in [6.45, 7) is 4.40. The molecule has 0 aliphatic heterocycles. The first kappa shape index (κ1) is 15.4. The van der Waals surface area contributed by atoms with Crippen molar-refractivity contribution in [2.24, 2.45) is 7.05 Å². The van der Waals surface area contributed by atoms with Crippen LogP contribution in [0.4, 0.5) is 0 Å². The normalized spacial score (nSPS) is 12.5. The molecule has 1 unspecified atom stereocenters. The number of nitrogens with zero attached hydrogens (tertiary/aromatic N) is 3. The Bertz CT molecular complexity index is 888. The van der Waals surface area contributed by atoms with Gasteiger partial charge in [-0.05, 0) is 38.1 Å². The lowest BCUT2D eigenvalue weighted by Crippen LogP contribution is -2.24. The number of hydrogen-bond donors (Lipinski definition) is 0. The largest absolute Gasteiger partial charge is 0.371 e. The minimum atomic E-state index is -0.236. The Morgan fingerprint density at radius 3 is 2.78 bits per heavy atom. The molecule has 118 valence electrons. The SMILES string of the molecule is CCOC(C)c1nc2cc(-c3ccccn3)ccc2c(=O)n1C. The van der Waals surface area contributed by atoms with Crippen molar-refractivity contribution in [2.75, 3.05) is 6.61 Å². The predicted molar refractivity (Wildman–Crippen MR) is 90.3 cm³/mol. The van der Waals surface area contributed by atoms with Crippen LogP contribution in [0.1, 0.15) is 25.8 Å². The van der Waals surface area contributed by atoms with Crippen molar-refractivity contribution in [3.05, 3.63) is 58.8 Å². The molecule has 5 nitrogen and oxygen atoms in total. The van der Waals surface area contributed by atoms with Gasteiger partial charge in [0.1, 0.15) is 11.9 Å². The first-order chi connectivity index (χ1) is 11.1. The van der Waals surface area contributed by atoms with Crippen molar-refractivity contribution in [3.63, 3.8) is 0 Å². The molecule has 2 aromatic heterocycles. The smallest absolute Gasteiger partial charge is 0.261 e. The molecule has 0 bridgehead atoms. The Balaban J connectivity index is 2.18. The summed E-state index contributed by atoms with van der Waals surface area (Å²) in [6, 6.07) is 11.4. The van der Waals surface area contributed by atoms with Gasteiger partial charge in [-0.1, -0.05) is 12.1 Å². The molecule has 2 heterocycles. The van der Waals surface area contributed by atoms with E-state index in [1.165, 1.54) is 0 Å². The van der Waals surface area contributed by atoms with Crippen LogP contribution in [0.15, 0.2) is 47.4 Å². The third-order valence-electron chi connectivity index (χ3n) is 3.85. The van der Waals surface area contributed by atoms with E-state index in [1.54, 1.807) is 17.8 Å². The van der Waals surface area contributed by atoms with Gasteiger partial charge in [0.25, 0.3) is 5.56 Å². The molecule has 3 aromatic rings. The molecule has 3 rings (SSSR count). The van der Waals surface area contributed by atoms with Gasteiger partial charge in [-0.2, -0.15) is 0 Å². The van der Waals surface area contributed by atoms with Gasteiger partial charge in [-0.15, -0.1) is 0 Å². The molecule has 23 heavy (non-hydrogen) atoms. The fourth-order valence-corrected chi connectivity index (χ4v) is 2.67. The van der Waals surface area contributed by atoms with Crippen molar-refractivity contribution in [1.82, 2.24) is 14.5 Å². The second-order valence-electron chi connectivity index (χ2n) is 5.38. The molecule has 1 atom stereocenters. The van der Waals surface area contributed by atoms with E-state index in [4.69, 9.17) is 4.74 Å². The molecule has 1 aromatic carbocycles. The van der Waals surface area contributed by atoms with Gasteiger partial charge in [0.2, 0.25) is 0 Å². The molecular weight excluding hydrogens is 290 g/mol. The van der Waals surface area contributed by atoms with Crippen molar-refractivity contribution in [1.29, 1.82) is 0 Å². The second kappa shape index (κ2) is 6.30. The van der Waals surface area contributed by atoms with E-state index in [2.05, 4.69) is 9.97 Å². The number of pyridine rings is 1. The molecule has 5 heteroatoms. The van der Waals surface area contributed by atoms with Crippen LogP contribution in [-0.2, 0) is 11.8 Å². The molecular formula is C18H19N3O2. The topological polar surface area (TPSA) is 57.0 Å². The fourth-order valence-electron chi connectivity index (χ4n) is 2.67. The third-order valence-corrected chi connectivity index (χ3v) is 3.85. The summed E-state index contributed by atoms with van der Waals surface area (Å²) in [6.07, 6.45) is 1.51. The first-order valence-electron chi connectivity index (χ1n) is 7.65. The van der Waals surface area contributed by atoms with E-state index in [9.17, 15) is 4.79 Å². The molecule has 0 amide bonds. The highest BCUT2D eigenvalue weighted by molar-refractivity contribution is 5.82. The van der Waals surface area contributed by atoms with Gasteiger partial charge >= 0.3 is 0 Å². The zero-order valence-corrected chi connectivity index (χ0v) is 13.5. The van der Waals surface area contributed by atoms with Crippen LogP contribution in [0.5, 0.6) is 0 Å². The van der Waals surface area contributed by atoms with Crippen molar-refractivity contribution in [2.45, 2.75) is 20.0 Å². The van der Waals surface area contributed by atoms with E-state index in [1.807, 2.05) is 50.2 Å². The minimum Gasteiger partial charge on any atom is -0.371 e. The van der Waals surface area contributed by atoms with E-state index >= 15 is 0 Å². The van der Waals surface area contributed by atoms with Gasteiger partial charge < -0.3 is 4.74 Å². The summed E-state index contributed by atoms with van der Waals surface area (Å²) in [4.78, 5) is 21.6. The summed E-state index contributed by atoms with van der Waals surface area (Å²) in [7, 11) is 1.73. The molecule has 0 spiro atoms. The summed E-state index contributed by atoms with van der Waals surface area (Å²) in [5.74, 6) is 0.627. The van der Waals surface area contributed by atoms with Gasteiger partial charge in [0.15, 0.2) is 0 Å². The maximum Gasteiger partial charge on any atom is 0.261 e. The maximum absolute atomic E-state index is 12.6. The zero-order chi connectivity index (χ0) is 16.4. The molecule has 0 aliphatic carbocycles. The summed E-state index contributed by atoms with van der Waals surface area (Å²) in [5, 5.41) is 0.597. The number of rotatable bonds is 4. The number of ether oxygens (including phenoxy) is 1. The highest BCUT2D eigenvalue weighted by atomic mass is 16.5. The van der Waals surface area contributed by atoms with Crippen molar-refractivity contribution in [3.8, 4) is 11.3 Å². The lowest BCUT2D eigenvalue weighted by Gasteiger charge is -2.15. The van der Waals surface area contributed by atoms with Gasteiger partial charge in [0.05, 0.1) is 16.6 Å². The van der Waals surface area contributed by atoms with Crippen molar-refractivity contribution >= 4 is 10.9 Å². The molecule has 0 saturated heterocycles. The van der Waals surface area contributed by atoms with Gasteiger partial charge in [0, 0.05) is 25.4 Å². The molecule has 0 aliphatic rings. The number of benzene rings is 1. The van der Waals surface area contributed by atoms with Crippen LogP contribution in [0.25, 0.3) is 22.2 Å². The van der Waals surface area contributed by atoms with Gasteiger partial charge in [-0.25, -0.2) is 4.98 Å². The standard InChI is InChI=1S/C18H19N3O2/c1-4-23-12(2)17-20-16-11-13(15-7-5-6-10-19-15)8-9-14(16)18(22)21(17)3/h5-12H,4H2,1-3H3. The number of fused-ring (bicyclic) bond motifs is 1. The Kier molecular flexibility index (Phi) is 4.21. The Morgan fingerprint density at radius 2 is 2.09 bits per heavy atom. The summed E-state index contributed by atoms with van der Waals surface area (Å²) in [5.41, 5.74) is 2.40. The van der Waals surface area contributed by atoms with Crippen LogP contribution in [0.2, 0.25) is 0 Å². The van der Waals surface area contributed by atoms with Crippen LogP contribution in [0, 0.1) is 0 Å². The summed E-state index contributed by atoms with van der Waals surface area (Å²) >= 11 is 0. The first-order valence-corrected chi connectivity index (χ1v) is 7.65. The van der Waals surface area contributed by atoms with E-state index < -0.39 is 0 Å². The summed E-state index contributed by atoms with van der Waals surface area (Å²) < 4.78 is 7.15. The Hall–Kier alpha value is -2.53. The van der Waals surface area contributed by atoms with Gasteiger partial charge in [-0.3, -0.25) is 14.3 Å². The molecule has 0 saturated carbocycles. The van der Waals surface area contributed by atoms with Crippen molar-refractivity contribution < 1.29 is 4.74 Å².